The molecule has 102 valence electrons. The molecule has 1 N–H and O–H groups in total. The van der Waals surface area contributed by atoms with E-state index in [9.17, 15) is 0 Å². The zero-order valence-electron chi connectivity index (χ0n) is 12.3. The lowest BCUT2D eigenvalue weighted by molar-refractivity contribution is 0.160. The third kappa shape index (κ3) is 5.39. The first-order valence-corrected chi connectivity index (χ1v) is 7.52. The maximum atomic E-state index is 3.55. The van der Waals surface area contributed by atoms with Crippen molar-refractivity contribution < 1.29 is 0 Å². The first-order valence-electron chi connectivity index (χ1n) is 7.52. The van der Waals surface area contributed by atoms with Crippen LogP contribution < -0.4 is 5.32 Å². The molecule has 0 aliphatic heterocycles. The molecule has 0 saturated heterocycles. The van der Waals surface area contributed by atoms with E-state index in [2.05, 4.69) is 38.2 Å². The molecule has 2 heteroatoms. The number of nitrogens with one attached hydrogen (secondary N) is 1. The highest BCUT2D eigenvalue weighted by Crippen LogP contribution is 2.21. The van der Waals surface area contributed by atoms with E-state index >= 15 is 0 Å². The molecule has 0 radical (unpaired) electrons. The Hall–Kier alpha value is -0.0800. The van der Waals surface area contributed by atoms with Crippen molar-refractivity contribution in [2.75, 3.05) is 20.6 Å². The van der Waals surface area contributed by atoms with Crippen molar-refractivity contribution in [1.82, 2.24) is 10.2 Å². The summed E-state index contributed by atoms with van der Waals surface area (Å²) in [5.74, 6) is 0.819. The van der Waals surface area contributed by atoms with Crippen LogP contribution in [-0.2, 0) is 0 Å². The van der Waals surface area contributed by atoms with E-state index in [-0.39, 0.29) is 0 Å². The topological polar surface area (TPSA) is 15.3 Å². The van der Waals surface area contributed by atoms with Crippen molar-refractivity contribution in [2.24, 2.45) is 5.92 Å². The SMILES string of the molecule is CNC1CCCCCCC1N(C)CCC(C)C. The zero-order valence-corrected chi connectivity index (χ0v) is 12.3. The van der Waals surface area contributed by atoms with Gasteiger partial charge in [-0.3, -0.25) is 0 Å². The second kappa shape index (κ2) is 8.10. The van der Waals surface area contributed by atoms with Gasteiger partial charge in [-0.25, -0.2) is 0 Å². The van der Waals surface area contributed by atoms with Crippen molar-refractivity contribution in [1.29, 1.82) is 0 Å². The average molecular weight is 240 g/mol. The molecule has 0 aromatic heterocycles. The van der Waals surface area contributed by atoms with Crippen LogP contribution >= 0.6 is 0 Å². The molecule has 1 rings (SSSR count). The summed E-state index contributed by atoms with van der Waals surface area (Å²) >= 11 is 0. The molecule has 0 spiro atoms. The van der Waals surface area contributed by atoms with Gasteiger partial charge in [0, 0.05) is 12.1 Å². The molecule has 0 aromatic rings. The summed E-state index contributed by atoms with van der Waals surface area (Å²) in [4.78, 5) is 2.60. The van der Waals surface area contributed by atoms with Crippen molar-refractivity contribution in [3.05, 3.63) is 0 Å². The minimum atomic E-state index is 0.701. The molecule has 2 nitrogen and oxygen atoms in total. The van der Waals surface area contributed by atoms with Crippen LogP contribution in [0.5, 0.6) is 0 Å². The van der Waals surface area contributed by atoms with Crippen LogP contribution in [0.1, 0.15) is 58.8 Å². The summed E-state index contributed by atoms with van der Waals surface area (Å²) < 4.78 is 0. The van der Waals surface area contributed by atoms with E-state index in [1.807, 2.05) is 0 Å². The lowest BCUT2D eigenvalue weighted by Gasteiger charge is -2.36. The van der Waals surface area contributed by atoms with Crippen molar-refractivity contribution >= 4 is 0 Å². The summed E-state index contributed by atoms with van der Waals surface area (Å²) in [5.41, 5.74) is 0. The van der Waals surface area contributed by atoms with Gasteiger partial charge < -0.3 is 10.2 Å². The predicted octanol–water partition coefficient (Wildman–Crippen LogP) is 3.28. The second-order valence-corrected chi connectivity index (χ2v) is 6.12. The minimum absolute atomic E-state index is 0.701. The molecule has 1 aliphatic carbocycles. The molecular formula is C15H32N2. The summed E-state index contributed by atoms with van der Waals surface area (Å²) in [6, 6.07) is 1.45. The Bertz CT molecular complexity index is 191. The Balaban J connectivity index is 2.48. The van der Waals surface area contributed by atoms with Gasteiger partial charge in [-0.1, -0.05) is 39.5 Å². The lowest BCUT2D eigenvalue weighted by atomic mass is 9.91. The summed E-state index contributed by atoms with van der Waals surface area (Å²) in [5, 5.41) is 3.55. The average Bonchev–Trinajstić information content (AvgIpc) is 2.26. The fraction of sp³-hybridized carbons (Fsp3) is 1.00. The quantitative estimate of drug-likeness (QED) is 0.793. The minimum Gasteiger partial charge on any atom is -0.315 e. The number of likely N-dealkylation sites (N-methyl/N-ethyl adjacent to an activating group) is 2. The Kier molecular flexibility index (Phi) is 7.14. The number of nitrogens with zero attached hydrogens (tertiary/aromatic N) is 1. The molecule has 2 atom stereocenters. The molecule has 17 heavy (non-hydrogen) atoms. The highest BCUT2D eigenvalue weighted by Gasteiger charge is 2.24. The smallest absolute Gasteiger partial charge is 0.0246 e. The van der Waals surface area contributed by atoms with Crippen LogP contribution in [0, 0.1) is 5.92 Å². The largest absolute Gasteiger partial charge is 0.315 e. The highest BCUT2D eigenvalue weighted by atomic mass is 15.2. The van der Waals surface area contributed by atoms with Crippen molar-refractivity contribution in [3.8, 4) is 0 Å². The first-order chi connectivity index (χ1) is 8.15. The van der Waals surface area contributed by atoms with E-state index in [1.165, 1.54) is 51.5 Å². The highest BCUT2D eigenvalue weighted by molar-refractivity contribution is 4.84. The fourth-order valence-corrected chi connectivity index (χ4v) is 2.96. The zero-order chi connectivity index (χ0) is 12.7. The van der Waals surface area contributed by atoms with E-state index in [0.29, 0.717) is 6.04 Å². The van der Waals surface area contributed by atoms with Crippen molar-refractivity contribution in [2.45, 2.75) is 70.9 Å². The Morgan fingerprint density at radius 3 is 2.35 bits per heavy atom. The van der Waals surface area contributed by atoms with E-state index < -0.39 is 0 Å². The second-order valence-electron chi connectivity index (χ2n) is 6.12. The van der Waals surface area contributed by atoms with E-state index in [1.54, 1.807) is 0 Å². The monoisotopic (exact) mass is 240 g/mol. The van der Waals surface area contributed by atoms with Gasteiger partial charge in [0.1, 0.15) is 0 Å². The summed E-state index contributed by atoms with van der Waals surface area (Å²) in [7, 11) is 4.45. The van der Waals surface area contributed by atoms with Gasteiger partial charge >= 0.3 is 0 Å². The van der Waals surface area contributed by atoms with E-state index in [4.69, 9.17) is 0 Å². The third-order valence-corrected chi connectivity index (χ3v) is 4.23. The lowest BCUT2D eigenvalue weighted by Crippen LogP contribution is -2.48. The van der Waals surface area contributed by atoms with E-state index in [0.717, 1.165) is 12.0 Å². The molecule has 1 fully saturated rings. The fourth-order valence-electron chi connectivity index (χ4n) is 2.96. The van der Waals surface area contributed by atoms with Gasteiger partial charge in [-0.15, -0.1) is 0 Å². The van der Waals surface area contributed by atoms with Gasteiger partial charge in [-0.05, 0) is 45.8 Å². The van der Waals surface area contributed by atoms with Crippen LogP contribution in [0.2, 0.25) is 0 Å². The summed E-state index contributed by atoms with van der Waals surface area (Å²) in [6.07, 6.45) is 9.73. The molecule has 2 unspecified atom stereocenters. The van der Waals surface area contributed by atoms with Gasteiger partial charge in [-0.2, -0.15) is 0 Å². The molecule has 0 heterocycles. The van der Waals surface area contributed by atoms with Crippen LogP contribution in [0.25, 0.3) is 0 Å². The van der Waals surface area contributed by atoms with Crippen LogP contribution in [0.3, 0.4) is 0 Å². The van der Waals surface area contributed by atoms with Crippen LogP contribution in [0.4, 0.5) is 0 Å². The van der Waals surface area contributed by atoms with Crippen LogP contribution in [-0.4, -0.2) is 37.6 Å². The predicted molar refractivity (Wildman–Crippen MR) is 76.4 cm³/mol. The molecule has 0 aromatic carbocycles. The molecule has 1 saturated carbocycles. The molecular weight excluding hydrogens is 208 g/mol. The Labute approximate surface area is 108 Å². The summed E-state index contributed by atoms with van der Waals surface area (Å²) in [6.45, 7) is 5.89. The normalized spacial score (nSPS) is 27.2. The van der Waals surface area contributed by atoms with Gasteiger partial charge in [0.15, 0.2) is 0 Å². The Morgan fingerprint density at radius 1 is 1.12 bits per heavy atom. The van der Waals surface area contributed by atoms with Gasteiger partial charge in [0.25, 0.3) is 0 Å². The first kappa shape index (κ1) is 15.0. The van der Waals surface area contributed by atoms with Crippen molar-refractivity contribution in [3.63, 3.8) is 0 Å². The standard InChI is InChI=1S/C15H32N2/c1-13(2)11-12-17(4)15-10-8-6-5-7-9-14(15)16-3/h13-16H,5-12H2,1-4H3. The van der Waals surface area contributed by atoms with Gasteiger partial charge in [0.05, 0.1) is 0 Å². The number of hydrogen-bond donors (Lipinski definition) is 1. The van der Waals surface area contributed by atoms with Crippen LogP contribution in [0.15, 0.2) is 0 Å². The van der Waals surface area contributed by atoms with Gasteiger partial charge in [0.2, 0.25) is 0 Å². The molecule has 0 amide bonds. The molecule has 1 aliphatic rings. The Morgan fingerprint density at radius 2 is 1.76 bits per heavy atom. The maximum Gasteiger partial charge on any atom is 0.0246 e. The third-order valence-electron chi connectivity index (χ3n) is 4.23. The number of rotatable bonds is 5. The maximum absolute atomic E-state index is 3.55. The molecule has 0 bridgehead atoms. The number of hydrogen-bond acceptors (Lipinski definition) is 2.